The number of anilines is 1. The number of carbonyl (C=O) groups excluding carboxylic acids is 3. The number of esters is 1. The second-order valence-corrected chi connectivity index (χ2v) is 10.3. The van der Waals surface area contributed by atoms with E-state index in [2.05, 4.69) is 0 Å². The maximum absolute atomic E-state index is 13.6. The summed E-state index contributed by atoms with van der Waals surface area (Å²) >= 11 is 5.96. The van der Waals surface area contributed by atoms with Crippen molar-refractivity contribution < 1.29 is 37.0 Å². The minimum atomic E-state index is -4.78. The van der Waals surface area contributed by atoms with Crippen LogP contribution in [0.4, 0.5) is 23.7 Å². The van der Waals surface area contributed by atoms with E-state index >= 15 is 0 Å². The fourth-order valence-electron chi connectivity index (χ4n) is 4.11. The van der Waals surface area contributed by atoms with Gasteiger partial charge in [-0.25, -0.2) is 9.69 Å². The molecule has 2 amide bonds. The minimum Gasteiger partial charge on any atom is -0.460 e. The summed E-state index contributed by atoms with van der Waals surface area (Å²) in [5, 5.41) is -0.337. The van der Waals surface area contributed by atoms with Gasteiger partial charge in [0.25, 0.3) is 0 Å². The summed E-state index contributed by atoms with van der Waals surface area (Å²) in [7, 11) is 0. The molecule has 2 N–H and O–H groups in total. The van der Waals surface area contributed by atoms with Crippen LogP contribution in [0.2, 0.25) is 5.02 Å². The second-order valence-electron chi connectivity index (χ2n) is 9.86. The number of nitrogens with zero attached hydrogens (tertiary/aromatic N) is 1. The van der Waals surface area contributed by atoms with Crippen LogP contribution in [0.3, 0.4) is 0 Å². The van der Waals surface area contributed by atoms with Crippen molar-refractivity contribution in [3.05, 3.63) is 64.2 Å². The maximum atomic E-state index is 13.6. The molecule has 200 valence electrons. The molecule has 1 saturated heterocycles. The molecule has 1 aliphatic heterocycles. The molecule has 0 spiro atoms. The molecule has 1 fully saturated rings. The van der Waals surface area contributed by atoms with Crippen LogP contribution in [0, 0.1) is 5.92 Å². The van der Waals surface area contributed by atoms with E-state index in [9.17, 15) is 27.6 Å². The maximum Gasteiger partial charge on any atom is 0.418 e. The van der Waals surface area contributed by atoms with E-state index < -0.39 is 59.4 Å². The van der Waals surface area contributed by atoms with Crippen LogP contribution in [0.5, 0.6) is 0 Å². The third-order valence-electron chi connectivity index (χ3n) is 5.67. The smallest absolute Gasteiger partial charge is 0.418 e. The van der Waals surface area contributed by atoms with Gasteiger partial charge < -0.3 is 15.2 Å². The lowest BCUT2D eigenvalue weighted by Gasteiger charge is -2.26. The quantitative estimate of drug-likeness (QED) is 0.372. The number of ether oxygens (including phenoxy) is 2. The molecule has 0 aromatic heterocycles. The summed E-state index contributed by atoms with van der Waals surface area (Å²) in [6.45, 7) is 4.88. The summed E-state index contributed by atoms with van der Waals surface area (Å²) in [5.74, 6) is -2.72. The molecule has 3 rings (SSSR count). The van der Waals surface area contributed by atoms with Crippen LogP contribution < -0.4 is 5.73 Å². The normalized spacial score (nSPS) is 16.9. The Labute approximate surface area is 217 Å². The molecule has 7 nitrogen and oxygen atoms in total. The molecule has 0 saturated carbocycles. The average molecular weight is 541 g/mol. The molecule has 0 unspecified atom stereocenters. The molecule has 11 heteroatoms. The minimum absolute atomic E-state index is 0.0283. The zero-order chi connectivity index (χ0) is 27.5. The van der Waals surface area contributed by atoms with Crippen molar-refractivity contribution in [2.75, 3.05) is 12.3 Å². The number of cyclic esters (lactones) is 1. The highest BCUT2D eigenvalue weighted by Gasteiger charge is 2.42. The van der Waals surface area contributed by atoms with Gasteiger partial charge in [-0.05, 0) is 56.9 Å². The van der Waals surface area contributed by atoms with Crippen molar-refractivity contribution in [2.24, 2.45) is 5.92 Å². The van der Waals surface area contributed by atoms with Crippen molar-refractivity contribution in [1.29, 1.82) is 0 Å². The Kier molecular flexibility index (Phi) is 8.42. The van der Waals surface area contributed by atoms with Crippen molar-refractivity contribution in [2.45, 2.75) is 57.9 Å². The molecule has 1 heterocycles. The van der Waals surface area contributed by atoms with Gasteiger partial charge in [-0.3, -0.25) is 9.59 Å². The van der Waals surface area contributed by atoms with Crippen LogP contribution in [0.15, 0.2) is 42.5 Å². The topological polar surface area (TPSA) is 98.9 Å². The van der Waals surface area contributed by atoms with Crippen LogP contribution in [-0.2, 0) is 38.1 Å². The highest BCUT2D eigenvalue weighted by atomic mass is 35.5. The summed E-state index contributed by atoms with van der Waals surface area (Å²) in [5.41, 5.74) is 3.76. The van der Waals surface area contributed by atoms with Crippen molar-refractivity contribution in [1.82, 2.24) is 4.90 Å². The number of hydrogen-bond acceptors (Lipinski definition) is 6. The zero-order valence-corrected chi connectivity index (χ0v) is 21.4. The predicted octanol–water partition coefficient (Wildman–Crippen LogP) is 5.42. The monoisotopic (exact) mass is 540 g/mol. The lowest BCUT2D eigenvalue weighted by atomic mass is 9.92. The number of amides is 2. The number of nitrogens with two attached hydrogens (primary N) is 1. The standard InChI is InChI=1S/C26H28ClF3N2O5/c1-25(2,3)37-21(33)13-17(9-16-11-19(26(28,29)30)22(31)20(27)12-16)23(34)32-18(14-36-24(32)35)10-15-7-5-4-6-8-15/h4-8,11-12,17-18H,9-10,13-14,31H2,1-3H3/t17-,18+/m0/s1. The Hall–Kier alpha value is -3.27. The Balaban J connectivity index is 1.94. The Morgan fingerprint density at radius 2 is 1.81 bits per heavy atom. The average Bonchev–Trinajstić information content (AvgIpc) is 3.13. The van der Waals surface area contributed by atoms with Gasteiger partial charge >= 0.3 is 18.2 Å². The third kappa shape index (κ3) is 7.38. The summed E-state index contributed by atoms with van der Waals surface area (Å²) in [6.07, 6.45) is -6.15. The highest BCUT2D eigenvalue weighted by molar-refractivity contribution is 6.33. The van der Waals surface area contributed by atoms with E-state index in [4.69, 9.17) is 26.8 Å². The third-order valence-corrected chi connectivity index (χ3v) is 5.98. The highest BCUT2D eigenvalue weighted by Crippen LogP contribution is 2.38. The van der Waals surface area contributed by atoms with Gasteiger partial charge in [-0.2, -0.15) is 13.2 Å². The number of halogens is 4. The zero-order valence-electron chi connectivity index (χ0n) is 20.6. The SMILES string of the molecule is CC(C)(C)OC(=O)C[C@H](Cc1cc(Cl)c(N)c(C(F)(F)F)c1)C(=O)N1C(=O)OC[C@H]1Cc1ccccc1. The summed E-state index contributed by atoms with van der Waals surface area (Å²) in [6, 6.07) is 10.5. The summed E-state index contributed by atoms with van der Waals surface area (Å²) < 4.78 is 51.0. The number of benzene rings is 2. The second kappa shape index (κ2) is 11.0. The van der Waals surface area contributed by atoms with E-state index in [-0.39, 0.29) is 23.6 Å². The Morgan fingerprint density at radius 1 is 1.16 bits per heavy atom. The first kappa shape index (κ1) is 28.3. The molecule has 0 bridgehead atoms. The van der Waals surface area contributed by atoms with Gasteiger partial charge in [0.2, 0.25) is 5.91 Å². The molecular formula is C26H28ClF3N2O5. The molecule has 0 radical (unpaired) electrons. The van der Waals surface area contributed by atoms with Gasteiger partial charge in [0.15, 0.2) is 0 Å². The first-order chi connectivity index (χ1) is 17.2. The fourth-order valence-corrected chi connectivity index (χ4v) is 4.35. The molecule has 2 aromatic rings. The number of alkyl halides is 3. The van der Waals surface area contributed by atoms with Gasteiger partial charge in [0, 0.05) is 0 Å². The van der Waals surface area contributed by atoms with Crippen LogP contribution in [0.1, 0.15) is 43.9 Å². The number of hydrogen-bond donors (Lipinski definition) is 1. The Morgan fingerprint density at radius 3 is 2.41 bits per heavy atom. The first-order valence-corrected chi connectivity index (χ1v) is 11.9. The fraction of sp³-hybridized carbons (Fsp3) is 0.423. The molecule has 1 aliphatic rings. The van der Waals surface area contributed by atoms with Crippen molar-refractivity contribution in [3.8, 4) is 0 Å². The summed E-state index contributed by atoms with van der Waals surface area (Å²) in [4.78, 5) is 39.8. The molecule has 0 aliphatic carbocycles. The number of imide groups is 1. The molecule has 37 heavy (non-hydrogen) atoms. The largest absolute Gasteiger partial charge is 0.460 e. The van der Waals surface area contributed by atoms with E-state index in [1.807, 2.05) is 30.3 Å². The van der Waals surface area contributed by atoms with E-state index in [1.54, 1.807) is 20.8 Å². The van der Waals surface area contributed by atoms with Gasteiger partial charge in [-0.15, -0.1) is 0 Å². The van der Waals surface area contributed by atoms with Gasteiger partial charge in [0.05, 0.1) is 34.7 Å². The van der Waals surface area contributed by atoms with E-state index in [1.165, 1.54) is 6.07 Å². The van der Waals surface area contributed by atoms with Crippen molar-refractivity contribution >= 4 is 35.3 Å². The van der Waals surface area contributed by atoms with Crippen LogP contribution in [0.25, 0.3) is 0 Å². The predicted molar refractivity (Wildman–Crippen MR) is 131 cm³/mol. The van der Waals surface area contributed by atoms with Gasteiger partial charge in [-0.1, -0.05) is 41.9 Å². The lowest BCUT2D eigenvalue weighted by molar-refractivity contribution is -0.158. The number of nitrogen functional groups attached to an aromatic ring is 1. The lowest BCUT2D eigenvalue weighted by Crippen LogP contribution is -2.45. The van der Waals surface area contributed by atoms with Crippen LogP contribution >= 0.6 is 11.6 Å². The molecule has 2 aromatic carbocycles. The number of rotatable bonds is 7. The Bertz CT molecular complexity index is 1170. The van der Waals surface area contributed by atoms with Crippen molar-refractivity contribution in [3.63, 3.8) is 0 Å². The molecule has 2 atom stereocenters. The van der Waals surface area contributed by atoms with E-state index in [0.717, 1.165) is 16.5 Å². The number of carbonyl (C=O) groups is 3. The molecular weight excluding hydrogens is 513 g/mol. The van der Waals surface area contributed by atoms with E-state index in [0.29, 0.717) is 6.42 Å². The van der Waals surface area contributed by atoms with Gasteiger partial charge in [0.1, 0.15) is 12.2 Å². The first-order valence-electron chi connectivity index (χ1n) is 11.6. The van der Waals surface area contributed by atoms with Crippen LogP contribution in [-0.4, -0.2) is 41.1 Å².